The highest BCUT2D eigenvalue weighted by Gasteiger charge is 2.23. The summed E-state index contributed by atoms with van der Waals surface area (Å²) in [7, 11) is 1.64. The minimum absolute atomic E-state index is 0.151. The number of methoxy groups -OCH3 is 1. The number of nitrogens with zero attached hydrogens (tertiary/aromatic N) is 2. The molecule has 1 fully saturated rings. The van der Waals surface area contributed by atoms with Crippen LogP contribution in [0.1, 0.15) is 23.3 Å². The van der Waals surface area contributed by atoms with Crippen molar-refractivity contribution < 1.29 is 14.3 Å². The highest BCUT2D eigenvalue weighted by atomic mass is 32.1. The number of benzene rings is 1. The van der Waals surface area contributed by atoms with E-state index in [1.54, 1.807) is 12.5 Å². The van der Waals surface area contributed by atoms with Crippen LogP contribution < -0.4 is 20.1 Å². The van der Waals surface area contributed by atoms with Gasteiger partial charge in [0.1, 0.15) is 11.8 Å². The Balaban J connectivity index is 1.58. The number of aromatic nitrogens is 1. The number of carbonyl (C=O) groups excluding carboxylic acids is 1. The Kier molecular flexibility index (Phi) is 4.66. The maximum atomic E-state index is 11.1. The fraction of sp³-hybridized carbons (Fsp3) is 0.375. The summed E-state index contributed by atoms with van der Waals surface area (Å²) in [6.07, 6.45) is 1.94. The third-order valence-electron chi connectivity index (χ3n) is 3.82. The lowest BCUT2D eigenvalue weighted by Crippen LogP contribution is -2.38. The van der Waals surface area contributed by atoms with Crippen LogP contribution in [0.4, 0.5) is 5.13 Å². The summed E-state index contributed by atoms with van der Waals surface area (Å²) in [6.45, 7) is 1.68. The normalized spacial score (nSPS) is 15.4. The Bertz CT molecular complexity index is 681. The van der Waals surface area contributed by atoms with E-state index >= 15 is 0 Å². The van der Waals surface area contributed by atoms with Gasteiger partial charge in [0.2, 0.25) is 0 Å². The standard InChI is InChI=1S/C16H19N3O3S/c1-21-13-4-2-3-5-14(13)22-11-6-8-19(9-7-11)16-18-12(10-23-16)15(17)20/h2-5,10-11H,6-9H2,1H3,(H2,17,20). The molecule has 1 aromatic heterocycles. The number of carbonyl (C=O) groups is 1. The molecule has 1 aromatic carbocycles. The number of para-hydroxylation sites is 2. The summed E-state index contributed by atoms with van der Waals surface area (Å²) in [4.78, 5) is 17.6. The zero-order valence-electron chi connectivity index (χ0n) is 12.9. The largest absolute Gasteiger partial charge is 0.493 e. The molecule has 1 aliphatic rings. The lowest BCUT2D eigenvalue weighted by atomic mass is 10.1. The van der Waals surface area contributed by atoms with Crippen molar-refractivity contribution >= 4 is 22.4 Å². The van der Waals surface area contributed by atoms with Gasteiger partial charge in [-0.3, -0.25) is 4.79 Å². The number of thiazole rings is 1. The molecule has 0 atom stereocenters. The molecule has 122 valence electrons. The summed E-state index contributed by atoms with van der Waals surface area (Å²) >= 11 is 1.45. The number of rotatable bonds is 5. The molecular weight excluding hydrogens is 314 g/mol. The Hall–Kier alpha value is -2.28. The van der Waals surface area contributed by atoms with Gasteiger partial charge in [0, 0.05) is 31.3 Å². The first-order valence-electron chi connectivity index (χ1n) is 7.47. The van der Waals surface area contributed by atoms with Gasteiger partial charge in [0.05, 0.1) is 7.11 Å². The van der Waals surface area contributed by atoms with E-state index in [1.165, 1.54) is 11.3 Å². The summed E-state index contributed by atoms with van der Waals surface area (Å²) < 4.78 is 11.4. The quantitative estimate of drug-likeness (QED) is 0.908. The number of piperidine rings is 1. The van der Waals surface area contributed by atoms with Crippen molar-refractivity contribution in [2.75, 3.05) is 25.1 Å². The second kappa shape index (κ2) is 6.87. The minimum atomic E-state index is -0.484. The smallest absolute Gasteiger partial charge is 0.268 e. The lowest BCUT2D eigenvalue weighted by Gasteiger charge is -2.32. The van der Waals surface area contributed by atoms with Gasteiger partial charge in [-0.15, -0.1) is 11.3 Å². The van der Waals surface area contributed by atoms with Crippen molar-refractivity contribution in [2.24, 2.45) is 5.73 Å². The van der Waals surface area contributed by atoms with Crippen LogP contribution in [0.3, 0.4) is 0 Å². The molecule has 1 aliphatic heterocycles. The molecule has 0 bridgehead atoms. The van der Waals surface area contributed by atoms with Crippen LogP contribution in [0, 0.1) is 0 Å². The summed E-state index contributed by atoms with van der Waals surface area (Å²) in [5.74, 6) is 1.04. The van der Waals surface area contributed by atoms with Gasteiger partial charge in [-0.1, -0.05) is 12.1 Å². The fourth-order valence-corrected chi connectivity index (χ4v) is 3.45. The van der Waals surface area contributed by atoms with Crippen molar-refractivity contribution in [1.82, 2.24) is 4.98 Å². The van der Waals surface area contributed by atoms with Crippen molar-refractivity contribution in [3.8, 4) is 11.5 Å². The van der Waals surface area contributed by atoms with Crippen LogP contribution in [-0.2, 0) is 0 Å². The first-order chi connectivity index (χ1) is 11.2. The molecule has 2 aromatic rings. The van der Waals surface area contributed by atoms with E-state index in [-0.39, 0.29) is 6.10 Å². The van der Waals surface area contributed by atoms with E-state index in [1.807, 2.05) is 24.3 Å². The Morgan fingerprint density at radius 1 is 1.30 bits per heavy atom. The van der Waals surface area contributed by atoms with Gasteiger partial charge in [-0.05, 0) is 12.1 Å². The minimum Gasteiger partial charge on any atom is -0.493 e. The van der Waals surface area contributed by atoms with E-state index in [0.29, 0.717) is 5.69 Å². The number of nitrogens with two attached hydrogens (primary N) is 1. The predicted molar refractivity (Wildman–Crippen MR) is 89.5 cm³/mol. The molecule has 23 heavy (non-hydrogen) atoms. The van der Waals surface area contributed by atoms with Crippen LogP contribution in [0.5, 0.6) is 11.5 Å². The molecule has 3 rings (SSSR count). The summed E-state index contributed by atoms with van der Waals surface area (Å²) in [5, 5.41) is 2.55. The van der Waals surface area contributed by atoms with Crippen LogP contribution in [0.2, 0.25) is 0 Å². The Morgan fingerprint density at radius 2 is 2.00 bits per heavy atom. The average molecular weight is 333 g/mol. The third-order valence-corrected chi connectivity index (χ3v) is 4.72. The van der Waals surface area contributed by atoms with Crippen LogP contribution in [0.15, 0.2) is 29.6 Å². The number of amides is 1. The molecule has 0 aliphatic carbocycles. The molecule has 0 spiro atoms. The van der Waals surface area contributed by atoms with Gasteiger partial charge < -0.3 is 20.1 Å². The molecule has 0 radical (unpaired) electrons. The molecule has 0 unspecified atom stereocenters. The lowest BCUT2D eigenvalue weighted by molar-refractivity contribution is 0.0996. The van der Waals surface area contributed by atoms with Gasteiger partial charge in [0.25, 0.3) is 5.91 Å². The molecule has 1 saturated heterocycles. The molecular formula is C16H19N3O3S. The summed E-state index contributed by atoms with van der Waals surface area (Å²) in [5.41, 5.74) is 5.58. The highest BCUT2D eigenvalue weighted by Crippen LogP contribution is 2.30. The first kappa shape index (κ1) is 15.6. The maximum Gasteiger partial charge on any atom is 0.268 e. The molecule has 7 heteroatoms. The van der Waals surface area contributed by atoms with Crippen molar-refractivity contribution in [2.45, 2.75) is 18.9 Å². The SMILES string of the molecule is COc1ccccc1OC1CCN(c2nc(C(N)=O)cs2)CC1. The van der Waals surface area contributed by atoms with Crippen molar-refractivity contribution in [3.05, 3.63) is 35.3 Å². The number of ether oxygens (including phenoxy) is 2. The predicted octanol–water partition coefficient (Wildman–Crippen LogP) is 2.30. The van der Waals surface area contributed by atoms with Crippen LogP contribution >= 0.6 is 11.3 Å². The molecule has 6 nitrogen and oxygen atoms in total. The third kappa shape index (κ3) is 3.56. The summed E-state index contributed by atoms with van der Waals surface area (Å²) in [6, 6.07) is 7.68. The van der Waals surface area contributed by atoms with Gasteiger partial charge in [-0.25, -0.2) is 4.98 Å². The molecule has 1 amide bonds. The van der Waals surface area contributed by atoms with Crippen LogP contribution in [-0.4, -0.2) is 37.2 Å². The maximum absolute atomic E-state index is 11.1. The number of primary amides is 1. The van der Waals surface area contributed by atoms with E-state index < -0.39 is 5.91 Å². The fourth-order valence-electron chi connectivity index (χ4n) is 2.58. The van der Waals surface area contributed by atoms with E-state index in [9.17, 15) is 4.79 Å². The number of anilines is 1. The topological polar surface area (TPSA) is 77.7 Å². The Morgan fingerprint density at radius 3 is 2.61 bits per heavy atom. The highest BCUT2D eigenvalue weighted by molar-refractivity contribution is 7.13. The van der Waals surface area contributed by atoms with E-state index in [2.05, 4.69) is 9.88 Å². The Labute approximate surface area is 138 Å². The number of hydrogen-bond donors (Lipinski definition) is 1. The van der Waals surface area contributed by atoms with Crippen molar-refractivity contribution in [1.29, 1.82) is 0 Å². The zero-order valence-corrected chi connectivity index (χ0v) is 13.7. The van der Waals surface area contributed by atoms with Gasteiger partial charge >= 0.3 is 0 Å². The first-order valence-corrected chi connectivity index (χ1v) is 8.35. The second-order valence-electron chi connectivity index (χ2n) is 5.33. The van der Waals surface area contributed by atoms with E-state index in [0.717, 1.165) is 42.6 Å². The molecule has 2 heterocycles. The number of hydrogen-bond acceptors (Lipinski definition) is 6. The molecule has 2 N–H and O–H groups in total. The van der Waals surface area contributed by atoms with E-state index in [4.69, 9.17) is 15.2 Å². The zero-order chi connectivity index (χ0) is 16.2. The molecule has 0 saturated carbocycles. The van der Waals surface area contributed by atoms with Gasteiger partial charge in [-0.2, -0.15) is 0 Å². The monoisotopic (exact) mass is 333 g/mol. The average Bonchev–Trinajstić information content (AvgIpc) is 3.06. The van der Waals surface area contributed by atoms with Crippen molar-refractivity contribution in [3.63, 3.8) is 0 Å². The second-order valence-corrected chi connectivity index (χ2v) is 6.17. The van der Waals surface area contributed by atoms with Gasteiger partial charge in [0.15, 0.2) is 16.6 Å². The van der Waals surface area contributed by atoms with Crippen LogP contribution in [0.25, 0.3) is 0 Å².